The topological polar surface area (TPSA) is 119 Å². The molecular weight excluding hydrogens is 417 g/mol. The van der Waals surface area contributed by atoms with Crippen molar-refractivity contribution in [3.63, 3.8) is 0 Å². The lowest BCUT2D eigenvalue weighted by Gasteiger charge is -2.10. The number of hydrazine groups is 1. The maximum absolute atomic E-state index is 13.4. The first-order valence-electron chi connectivity index (χ1n) is 9.81. The fraction of sp³-hybridized carbons (Fsp3) is 0.136. The molecule has 0 saturated heterocycles. The predicted molar refractivity (Wildman–Crippen MR) is 113 cm³/mol. The highest BCUT2D eigenvalue weighted by atomic mass is 19.1. The smallest absolute Gasteiger partial charge is 0.308 e. The molecule has 0 aliphatic rings. The first kappa shape index (κ1) is 20.9. The molecule has 0 radical (unpaired) electrons. The lowest BCUT2D eigenvalue weighted by atomic mass is 10.1. The van der Waals surface area contributed by atoms with Crippen LogP contribution in [0.2, 0.25) is 0 Å². The van der Waals surface area contributed by atoms with Gasteiger partial charge >= 0.3 is 5.91 Å². The number of nitrogens with one attached hydrogen (secondary N) is 2. The fourth-order valence-electron chi connectivity index (χ4n) is 3.17. The van der Waals surface area contributed by atoms with E-state index in [4.69, 9.17) is 4.52 Å². The highest BCUT2D eigenvalue weighted by Gasteiger charge is 2.19. The molecule has 162 valence electrons. The summed E-state index contributed by atoms with van der Waals surface area (Å²) in [4.78, 5) is 37.6. The normalized spacial score (nSPS) is 10.8. The molecule has 4 rings (SSSR count). The van der Waals surface area contributed by atoms with Crippen LogP contribution in [-0.4, -0.2) is 26.8 Å². The summed E-state index contributed by atoms with van der Waals surface area (Å²) in [5.41, 5.74) is 4.90. The molecule has 4 aromatic rings. The molecule has 0 saturated carbocycles. The van der Waals surface area contributed by atoms with Gasteiger partial charge in [0, 0.05) is 23.6 Å². The quantitative estimate of drug-likeness (QED) is 0.465. The molecule has 0 spiro atoms. The molecule has 0 aliphatic heterocycles. The van der Waals surface area contributed by atoms with E-state index < -0.39 is 17.6 Å². The minimum absolute atomic E-state index is 0.00744. The van der Waals surface area contributed by atoms with Crippen molar-refractivity contribution >= 4 is 22.6 Å². The fourth-order valence-corrected chi connectivity index (χ4v) is 3.17. The van der Waals surface area contributed by atoms with Crippen molar-refractivity contribution in [3.05, 3.63) is 82.2 Å². The Labute approximate surface area is 180 Å². The van der Waals surface area contributed by atoms with Gasteiger partial charge in [-0.25, -0.2) is 9.07 Å². The van der Waals surface area contributed by atoms with Gasteiger partial charge in [-0.05, 0) is 24.6 Å². The molecule has 2 aromatic heterocycles. The number of carbonyl (C=O) groups is 2. The van der Waals surface area contributed by atoms with Crippen LogP contribution in [0.5, 0.6) is 0 Å². The van der Waals surface area contributed by atoms with Crippen LogP contribution in [-0.2, 0) is 6.54 Å². The zero-order valence-corrected chi connectivity index (χ0v) is 17.0. The highest BCUT2D eigenvalue weighted by Crippen LogP contribution is 2.20. The van der Waals surface area contributed by atoms with E-state index in [1.165, 1.54) is 28.9 Å². The van der Waals surface area contributed by atoms with Gasteiger partial charge in [-0.3, -0.25) is 25.2 Å². The SMILES string of the molecule is CCCn1nc(C(=O)NNC(=O)c2cc(-c3cccc(F)c3)no2)c2ccccc2c1=O. The number of amides is 2. The van der Waals surface area contributed by atoms with E-state index in [1.807, 2.05) is 6.92 Å². The summed E-state index contributed by atoms with van der Waals surface area (Å²) < 4.78 is 19.6. The van der Waals surface area contributed by atoms with Gasteiger partial charge in [0.25, 0.3) is 11.5 Å². The molecule has 0 fully saturated rings. The third-order valence-electron chi connectivity index (χ3n) is 4.66. The summed E-state index contributed by atoms with van der Waals surface area (Å²) >= 11 is 0. The second-order valence-electron chi connectivity index (χ2n) is 6.92. The number of hydrogen-bond acceptors (Lipinski definition) is 6. The van der Waals surface area contributed by atoms with Crippen LogP contribution in [0.4, 0.5) is 4.39 Å². The Morgan fingerprint density at radius 2 is 1.78 bits per heavy atom. The Hall–Kier alpha value is -4.34. The zero-order chi connectivity index (χ0) is 22.7. The third-order valence-corrected chi connectivity index (χ3v) is 4.66. The summed E-state index contributed by atoms with van der Waals surface area (Å²) in [6.07, 6.45) is 0.655. The third kappa shape index (κ3) is 4.10. The summed E-state index contributed by atoms with van der Waals surface area (Å²) in [6, 6.07) is 13.6. The van der Waals surface area contributed by atoms with Gasteiger partial charge in [0.2, 0.25) is 5.76 Å². The molecule has 2 N–H and O–H groups in total. The largest absolute Gasteiger partial charge is 0.350 e. The number of halogens is 1. The molecule has 0 bridgehead atoms. The van der Waals surface area contributed by atoms with Crippen LogP contribution in [0.15, 0.2) is 63.9 Å². The summed E-state index contributed by atoms with van der Waals surface area (Å²) in [5, 5.41) is 8.63. The van der Waals surface area contributed by atoms with Crippen molar-refractivity contribution in [2.75, 3.05) is 0 Å². The van der Waals surface area contributed by atoms with Gasteiger partial charge in [0.15, 0.2) is 5.69 Å². The van der Waals surface area contributed by atoms with Gasteiger partial charge in [-0.1, -0.05) is 42.4 Å². The Balaban J connectivity index is 1.53. The average Bonchev–Trinajstić information content (AvgIpc) is 3.30. The van der Waals surface area contributed by atoms with Crippen LogP contribution >= 0.6 is 0 Å². The maximum atomic E-state index is 13.4. The number of nitrogens with zero attached hydrogens (tertiary/aromatic N) is 3. The second kappa shape index (κ2) is 8.80. The van der Waals surface area contributed by atoms with Gasteiger partial charge in [0.05, 0.1) is 5.39 Å². The summed E-state index contributed by atoms with van der Waals surface area (Å²) in [6.45, 7) is 2.23. The lowest BCUT2D eigenvalue weighted by molar-refractivity contribution is 0.0823. The molecule has 2 amide bonds. The molecule has 0 aliphatic carbocycles. The monoisotopic (exact) mass is 435 g/mol. The van der Waals surface area contributed by atoms with E-state index in [0.29, 0.717) is 29.3 Å². The molecule has 10 heteroatoms. The number of aromatic nitrogens is 3. The van der Waals surface area contributed by atoms with Gasteiger partial charge in [-0.15, -0.1) is 0 Å². The van der Waals surface area contributed by atoms with Crippen molar-refractivity contribution in [2.24, 2.45) is 0 Å². The van der Waals surface area contributed by atoms with Crippen LogP contribution < -0.4 is 16.4 Å². The van der Waals surface area contributed by atoms with E-state index in [9.17, 15) is 18.8 Å². The van der Waals surface area contributed by atoms with E-state index in [2.05, 4.69) is 21.1 Å². The standard InChI is InChI=1S/C22H18FN5O4/c1-2-10-28-22(31)16-9-4-3-8-15(16)19(26-28)21(30)25-24-20(29)18-12-17(27-32-18)13-6-5-7-14(23)11-13/h3-9,11-12H,2,10H2,1H3,(H,24,29)(H,25,30). The zero-order valence-electron chi connectivity index (χ0n) is 17.0. The molecular formula is C22H18FN5O4. The van der Waals surface area contributed by atoms with Crippen molar-refractivity contribution in [1.82, 2.24) is 25.8 Å². The minimum atomic E-state index is -0.764. The summed E-state index contributed by atoms with van der Waals surface area (Å²) in [5.74, 6) is -2.10. The number of hydrogen-bond donors (Lipinski definition) is 2. The Morgan fingerprint density at radius 3 is 2.53 bits per heavy atom. The maximum Gasteiger partial charge on any atom is 0.308 e. The molecule has 32 heavy (non-hydrogen) atoms. The minimum Gasteiger partial charge on any atom is -0.350 e. The average molecular weight is 435 g/mol. The van der Waals surface area contributed by atoms with Gasteiger partial charge < -0.3 is 4.52 Å². The highest BCUT2D eigenvalue weighted by molar-refractivity contribution is 6.05. The van der Waals surface area contributed by atoms with E-state index in [-0.39, 0.29) is 22.7 Å². The molecule has 2 heterocycles. The first-order valence-corrected chi connectivity index (χ1v) is 9.81. The van der Waals surface area contributed by atoms with E-state index >= 15 is 0 Å². The van der Waals surface area contributed by atoms with Crippen LogP contribution in [0, 0.1) is 5.82 Å². The second-order valence-corrected chi connectivity index (χ2v) is 6.92. The molecule has 9 nitrogen and oxygen atoms in total. The number of rotatable bonds is 5. The van der Waals surface area contributed by atoms with Crippen molar-refractivity contribution in [1.29, 1.82) is 0 Å². The Bertz CT molecular complexity index is 1380. The van der Waals surface area contributed by atoms with Crippen molar-refractivity contribution in [3.8, 4) is 11.3 Å². The van der Waals surface area contributed by atoms with Crippen LogP contribution in [0.1, 0.15) is 34.4 Å². The number of fused-ring (bicyclic) bond motifs is 1. The van der Waals surface area contributed by atoms with Crippen LogP contribution in [0.25, 0.3) is 22.0 Å². The first-order chi connectivity index (χ1) is 15.5. The van der Waals surface area contributed by atoms with Crippen molar-refractivity contribution in [2.45, 2.75) is 19.9 Å². The molecule has 0 unspecified atom stereocenters. The number of aryl methyl sites for hydroxylation is 1. The number of benzene rings is 2. The predicted octanol–water partition coefficient (Wildman–Crippen LogP) is 2.68. The molecule has 0 atom stereocenters. The van der Waals surface area contributed by atoms with E-state index in [1.54, 1.807) is 30.3 Å². The summed E-state index contributed by atoms with van der Waals surface area (Å²) in [7, 11) is 0. The Morgan fingerprint density at radius 1 is 1.03 bits per heavy atom. The van der Waals surface area contributed by atoms with Crippen LogP contribution in [0.3, 0.4) is 0 Å². The van der Waals surface area contributed by atoms with Gasteiger partial charge in [0.1, 0.15) is 11.5 Å². The van der Waals surface area contributed by atoms with Gasteiger partial charge in [-0.2, -0.15) is 5.10 Å². The van der Waals surface area contributed by atoms with Crippen molar-refractivity contribution < 1.29 is 18.5 Å². The number of carbonyl (C=O) groups excluding carboxylic acids is 2. The van der Waals surface area contributed by atoms with E-state index in [0.717, 1.165) is 0 Å². The molecule has 2 aromatic carbocycles. The lowest BCUT2D eigenvalue weighted by Crippen LogP contribution is -2.42. The Kier molecular flexibility index (Phi) is 5.75.